The maximum Gasteiger partial charge on any atom is 0.320 e. The maximum atomic E-state index is 14.8. The minimum atomic E-state index is -0.781. The summed E-state index contributed by atoms with van der Waals surface area (Å²) in [5.41, 5.74) is 2.76. The predicted octanol–water partition coefficient (Wildman–Crippen LogP) is 5.62. The highest BCUT2D eigenvalue weighted by Crippen LogP contribution is 2.39. The number of carboxylic acid groups (broad SMARTS) is 1. The van der Waals surface area contributed by atoms with Crippen LogP contribution in [0, 0.1) is 5.82 Å². The third kappa shape index (κ3) is 5.69. The number of nitrogens with one attached hydrogen (secondary N) is 2. The quantitative estimate of drug-likeness (QED) is 0.262. The lowest BCUT2D eigenvalue weighted by molar-refractivity contribution is -0.142. The number of carbonyl (C=O) groups is 2. The third-order valence-electron chi connectivity index (χ3n) is 6.81. The van der Waals surface area contributed by atoms with Crippen molar-refractivity contribution in [2.24, 2.45) is 0 Å². The van der Waals surface area contributed by atoms with Gasteiger partial charge in [0, 0.05) is 42.8 Å². The monoisotopic (exact) mass is 547 g/mol. The zero-order chi connectivity index (χ0) is 26.9. The fourth-order valence-corrected chi connectivity index (χ4v) is 5.72. The van der Waals surface area contributed by atoms with Gasteiger partial charge in [0.1, 0.15) is 11.8 Å². The number of hydrogen-bond acceptors (Lipinski definition) is 7. The lowest BCUT2D eigenvalue weighted by Crippen LogP contribution is -2.35. The number of urea groups is 1. The first-order chi connectivity index (χ1) is 18.9. The van der Waals surface area contributed by atoms with Crippen molar-refractivity contribution in [1.82, 2.24) is 20.2 Å². The van der Waals surface area contributed by atoms with Crippen molar-refractivity contribution in [2.75, 3.05) is 11.9 Å². The van der Waals surface area contributed by atoms with E-state index in [1.54, 1.807) is 24.5 Å². The number of hydrogen-bond donors (Lipinski definition) is 3. The molecular formula is C28H26FN5O4S. The molecule has 2 fully saturated rings. The number of thiophene rings is 1. The van der Waals surface area contributed by atoms with Crippen LogP contribution >= 0.6 is 11.3 Å². The Morgan fingerprint density at radius 2 is 1.97 bits per heavy atom. The van der Waals surface area contributed by atoms with E-state index in [0.29, 0.717) is 29.9 Å². The zero-order valence-corrected chi connectivity index (χ0v) is 21.7. The van der Waals surface area contributed by atoms with Crippen molar-refractivity contribution < 1.29 is 23.8 Å². The van der Waals surface area contributed by atoms with Gasteiger partial charge in [-0.2, -0.15) is 0 Å². The molecule has 6 rings (SSSR count). The van der Waals surface area contributed by atoms with E-state index in [1.807, 2.05) is 23.1 Å². The first kappa shape index (κ1) is 25.2. The average Bonchev–Trinajstić information content (AvgIpc) is 3.41. The Morgan fingerprint density at radius 1 is 1.10 bits per heavy atom. The number of likely N-dealkylation sites (tertiary alicyclic amines) is 1. The first-order valence-corrected chi connectivity index (χ1v) is 13.6. The van der Waals surface area contributed by atoms with E-state index in [2.05, 4.69) is 20.6 Å². The van der Waals surface area contributed by atoms with Crippen LogP contribution in [0.2, 0.25) is 0 Å². The summed E-state index contributed by atoms with van der Waals surface area (Å²) >= 11 is 1.44. The molecule has 200 valence electrons. The number of nitrogens with zero attached hydrogens (tertiary/aromatic N) is 3. The van der Waals surface area contributed by atoms with E-state index in [-0.39, 0.29) is 17.8 Å². The Kier molecular flexibility index (Phi) is 6.84. The summed E-state index contributed by atoms with van der Waals surface area (Å²) < 4.78 is 21.5. The van der Waals surface area contributed by atoms with Crippen molar-refractivity contribution in [3.63, 3.8) is 0 Å². The number of benzene rings is 1. The second kappa shape index (κ2) is 10.6. The SMILES string of the molecule is O=C(Nc1ccc(Oc2ccnc3cc(-c4ccc(CN5CCC[C@H]5C(=O)O)cn4)sc23)c(F)c1)NC1CC1. The molecule has 11 heteroatoms. The highest BCUT2D eigenvalue weighted by molar-refractivity contribution is 7.22. The van der Waals surface area contributed by atoms with Crippen molar-refractivity contribution in [3.8, 4) is 22.1 Å². The van der Waals surface area contributed by atoms with Gasteiger partial charge in [-0.1, -0.05) is 6.07 Å². The molecule has 9 nitrogen and oxygen atoms in total. The molecule has 3 aromatic heterocycles. The molecule has 0 bridgehead atoms. The fourth-order valence-electron chi connectivity index (χ4n) is 4.67. The summed E-state index contributed by atoms with van der Waals surface area (Å²) in [6.07, 6.45) is 6.86. The van der Waals surface area contributed by atoms with Crippen molar-refractivity contribution in [2.45, 2.75) is 44.3 Å². The van der Waals surface area contributed by atoms with Gasteiger partial charge in [0.15, 0.2) is 11.6 Å². The Labute approximate surface area is 227 Å². The number of amides is 2. The van der Waals surface area contributed by atoms with Gasteiger partial charge in [0.2, 0.25) is 0 Å². The second-order valence-electron chi connectivity index (χ2n) is 9.77. The Balaban J connectivity index is 1.17. The minimum absolute atomic E-state index is 0.0367. The normalized spacial score (nSPS) is 17.3. The molecule has 4 heterocycles. The number of anilines is 1. The molecule has 1 aliphatic heterocycles. The number of aromatic nitrogens is 2. The standard InChI is InChI=1S/C28H26FN5O4S/c29-19-12-18(33-28(37)32-17-4-5-17)6-8-23(19)38-24-9-10-30-21-13-25(39-26(21)24)20-7-3-16(14-31-20)15-34-11-1-2-22(34)27(35)36/h3,6-10,12-14,17,22H,1-2,4-5,11,15H2,(H,35,36)(H2,32,33,37)/t22-/m0/s1. The molecule has 39 heavy (non-hydrogen) atoms. The molecule has 1 saturated heterocycles. The number of fused-ring (bicyclic) bond motifs is 1. The van der Waals surface area contributed by atoms with Gasteiger partial charge in [-0.3, -0.25) is 19.7 Å². The highest BCUT2D eigenvalue weighted by atomic mass is 32.1. The zero-order valence-electron chi connectivity index (χ0n) is 20.9. The van der Waals surface area contributed by atoms with Crippen molar-refractivity contribution in [3.05, 3.63) is 66.2 Å². The molecular weight excluding hydrogens is 521 g/mol. The van der Waals surface area contributed by atoms with Crippen LogP contribution in [-0.4, -0.2) is 50.6 Å². The lowest BCUT2D eigenvalue weighted by atomic mass is 10.2. The number of carbonyl (C=O) groups excluding carboxylic acids is 1. The fraction of sp³-hybridized carbons (Fsp3) is 0.286. The van der Waals surface area contributed by atoms with Crippen LogP contribution in [0.25, 0.3) is 20.8 Å². The maximum absolute atomic E-state index is 14.8. The second-order valence-corrected chi connectivity index (χ2v) is 10.8. The van der Waals surface area contributed by atoms with Crippen LogP contribution in [0.1, 0.15) is 31.2 Å². The van der Waals surface area contributed by atoms with Crippen LogP contribution in [-0.2, 0) is 11.3 Å². The summed E-state index contributed by atoms with van der Waals surface area (Å²) in [5, 5.41) is 14.9. The number of halogens is 1. The van der Waals surface area contributed by atoms with Crippen LogP contribution in [0.3, 0.4) is 0 Å². The molecule has 3 N–H and O–H groups in total. The largest absolute Gasteiger partial charge is 0.480 e. The van der Waals surface area contributed by atoms with Gasteiger partial charge in [-0.25, -0.2) is 9.18 Å². The smallest absolute Gasteiger partial charge is 0.320 e. The number of pyridine rings is 2. The summed E-state index contributed by atoms with van der Waals surface area (Å²) in [4.78, 5) is 35.3. The summed E-state index contributed by atoms with van der Waals surface area (Å²) in [5.74, 6) is -0.875. The Hall–Kier alpha value is -4.09. The average molecular weight is 548 g/mol. The molecule has 4 aromatic rings. The van der Waals surface area contributed by atoms with E-state index in [1.165, 1.54) is 23.5 Å². The summed E-state index contributed by atoms with van der Waals surface area (Å²) in [6, 6.07) is 11.2. The molecule has 1 aromatic carbocycles. The minimum Gasteiger partial charge on any atom is -0.480 e. The topological polar surface area (TPSA) is 117 Å². The summed E-state index contributed by atoms with van der Waals surface area (Å²) in [7, 11) is 0. The molecule has 1 aliphatic carbocycles. The van der Waals surface area contributed by atoms with Gasteiger partial charge in [-0.05, 0) is 62.1 Å². The summed E-state index contributed by atoms with van der Waals surface area (Å²) in [6.45, 7) is 1.31. The van der Waals surface area contributed by atoms with Gasteiger partial charge in [-0.15, -0.1) is 11.3 Å². The van der Waals surface area contributed by atoms with Crippen molar-refractivity contribution in [1.29, 1.82) is 0 Å². The molecule has 2 aliphatic rings. The molecule has 0 radical (unpaired) electrons. The molecule has 2 amide bonds. The number of carboxylic acids is 1. The van der Waals surface area contributed by atoms with E-state index < -0.39 is 17.8 Å². The molecule has 1 atom stereocenters. The van der Waals surface area contributed by atoms with E-state index >= 15 is 0 Å². The van der Waals surface area contributed by atoms with Crippen molar-refractivity contribution >= 4 is 39.2 Å². The van der Waals surface area contributed by atoms with Crippen LogP contribution in [0.5, 0.6) is 11.5 Å². The number of aliphatic carboxylic acids is 1. The van der Waals surface area contributed by atoms with Gasteiger partial charge in [0.25, 0.3) is 0 Å². The van der Waals surface area contributed by atoms with Gasteiger partial charge >= 0.3 is 12.0 Å². The molecule has 0 spiro atoms. The van der Waals surface area contributed by atoms with Crippen LogP contribution < -0.4 is 15.4 Å². The number of ether oxygens (including phenoxy) is 1. The predicted molar refractivity (Wildman–Crippen MR) is 146 cm³/mol. The van der Waals surface area contributed by atoms with Gasteiger partial charge in [0.05, 0.1) is 20.8 Å². The Bertz CT molecular complexity index is 1540. The molecule has 1 saturated carbocycles. The Morgan fingerprint density at radius 3 is 2.72 bits per heavy atom. The lowest BCUT2D eigenvalue weighted by Gasteiger charge is -2.20. The van der Waals surface area contributed by atoms with Gasteiger partial charge < -0.3 is 20.5 Å². The molecule has 0 unspecified atom stereocenters. The third-order valence-corrected chi connectivity index (χ3v) is 7.97. The highest BCUT2D eigenvalue weighted by Gasteiger charge is 2.30. The van der Waals surface area contributed by atoms with E-state index in [4.69, 9.17) is 4.74 Å². The van der Waals surface area contributed by atoms with E-state index in [0.717, 1.165) is 46.6 Å². The van der Waals surface area contributed by atoms with Crippen LogP contribution in [0.15, 0.2) is 54.9 Å². The first-order valence-electron chi connectivity index (χ1n) is 12.8. The van der Waals surface area contributed by atoms with Crippen LogP contribution in [0.4, 0.5) is 14.9 Å². The van der Waals surface area contributed by atoms with E-state index in [9.17, 15) is 19.1 Å². The number of rotatable bonds is 8.